The third-order valence-corrected chi connectivity index (χ3v) is 4.86. The fourth-order valence-electron chi connectivity index (χ4n) is 2.58. The van der Waals surface area contributed by atoms with Gasteiger partial charge in [-0.05, 0) is 23.6 Å². The van der Waals surface area contributed by atoms with Gasteiger partial charge in [-0.3, -0.25) is 10.1 Å². The maximum absolute atomic E-state index is 12.4. The van der Waals surface area contributed by atoms with E-state index in [1.54, 1.807) is 12.1 Å². The molecule has 0 spiro atoms. The van der Waals surface area contributed by atoms with Gasteiger partial charge in [0.1, 0.15) is 0 Å². The van der Waals surface area contributed by atoms with Gasteiger partial charge in [-0.25, -0.2) is 4.98 Å². The molecule has 0 aliphatic rings. The number of thiazole rings is 1. The zero-order valence-electron chi connectivity index (χ0n) is 14.8. The highest BCUT2D eigenvalue weighted by Crippen LogP contribution is 2.27. The molecule has 0 saturated carbocycles. The topological polar surface area (TPSA) is 81.2 Å². The van der Waals surface area contributed by atoms with Gasteiger partial charge in [0, 0.05) is 17.0 Å². The molecule has 6 nitrogen and oxygen atoms in total. The van der Waals surface area contributed by atoms with E-state index in [1.165, 1.54) is 29.2 Å². The molecule has 0 aliphatic carbocycles. The molecule has 4 rings (SSSR count). The van der Waals surface area contributed by atoms with E-state index >= 15 is 0 Å². The van der Waals surface area contributed by atoms with E-state index in [2.05, 4.69) is 41.4 Å². The Kier molecular flexibility index (Phi) is 4.60. The number of carbonyl (C=O) groups excluding carboxylic acids is 1. The van der Waals surface area contributed by atoms with Crippen LogP contribution in [0.15, 0.2) is 63.0 Å². The summed E-state index contributed by atoms with van der Waals surface area (Å²) in [5, 5.41) is 8.96. The van der Waals surface area contributed by atoms with Gasteiger partial charge in [0.05, 0.1) is 12.0 Å². The smallest absolute Gasteiger partial charge is 0.279 e. The monoisotopic (exact) mass is 379 g/mol. The summed E-state index contributed by atoms with van der Waals surface area (Å²) in [6, 6.07) is 13.3. The fraction of sp³-hybridized carbons (Fsp3) is 0.150. The number of furan rings is 1. The second-order valence-electron chi connectivity index (χ2n) is 6.32. The first-order valence-electron chi connectivity index (χ1n) is 8.48. The molecule has 1 aromatic carbocycles. The van der Waals surface area contributed by atoms with Crippen LogP contribution in [0.5, 0.6) is 0 Å². The van der Waals surface area contributed by atoms with Crippen molar-refractivity contribution in [3.05, 3.63) is 65.4 Å². The van der Waals surface area contributed by atoms with E-state index in [4.69, 9.17) is 8.94 Å². The number of hydrogen-bond donors (Lipinski definition) is 1. The highest BCUT2D eigenvalue weighted by molar-refractivity contribution is 7.14. The van der Waals surface area contributed by atoms with Crippen molar-refractivity contribution >= 4 is 22.4 Å². The molecule has 7 heteroatoms. The van der Waals surface area contributed by atoms with E-state index in [0.717, 1.165) is 11.3 Å². The zero-order valence-corrected chi connectivity index (χ0v) is 15.6. The summed E-state index contributed by atoms with van der Waals surface area (Å²) in [7, 11) is 0. The maximum atomic E-state index is 12.4. The van der Waals surface area contributed by atoms with Crippen LogP contribution < -0.4 is 5.32 Å². The molecule has 136 valence electrons. The first kappa shape index (κ1) is 17.2. The lowest BCUT2D eigenvalue weighted by molar-refractivity contribution is 0.101. The summed E-state index contributed by atoms with van der Waals surface area (Å²) in [4.78, 5) is 16.9. The molecule has 0 saturated heterocycles. The summed E-state index contributed by atoms with van der Waals surface area (Å²) in [5.41, 5.74) is 3.28. The van der Waals surface area contributed by atoms with Gasteiger partial charge in [0.2, 0.25) is 5.76 Å². The van der Waals surface area contributed by atoms with Crippen LogP contribution >= 0.6 is 11.3 Å². The lowest BCUT2D eigenvalue weighted by Crippen LogP contribution is -2.11. The minimum Gasteiger partial charge on any atom is -0.461 e. The number of rotatable bonds is 5. The van der Waals surface area contributed by atoms with Gasteiger partial charge in [0.25, 0.3) is 5.91 Å². The normalized spacial score (nSPS) is 11.1. The van der Waals surface area contributed by atoms with E-state index in [1.807, 2.05) is 17.5 Å². The third-order valence-electron chi connectivity index (χ3n) is 4.10. The number of aromatic nitrogens is 2. The Balaban J connectivity index is 1.47. The van der Waals surface area contributed by atoms with E-state index in [0.29, 0.717) is 22.6 Å². The van der Waals surface area contributed by atoms with Gasteiger partial charge in [0.15, 0.2) is 16.6 Å². The fourth-order valence-corrected chi connectivity index (χ4v) is 3.30. The molecule has 0 unspecified atom stereocenters. The van der Waals surface area contributed by atoms with E-state index < -0.39 is 0 Å². The largest absolute Gasteiger partial charge is 0.461 e. The molecule has 3 aromatic heterocycles. The SMILES string of the molecule is CC(C)c1ccc(-c2csc(NC(=O)c3cc(-c4ccco4)on3)n2)cc1. The predicted molar refractivity (Wildman–Crippen MR) is 104 cm³/mol. The maximum Gasteiger partial charge on any atom is 0.279 e. The number of amides is 1. The number of anilines is 1. The van der Waals surface area contributed by atoms with Crippen molar-refractivity contribution in [2.24, 2.45) is 0 Å². The molecule has 0 radical (unpaired) electrons. The molecule has 4 aromatic rings. The minimum atomic E-state index is -0.382. The standard InChI is InChI=1S/C20H17N3O3S/c1-12(2)13-5-7-14(8-6-13)16-11-27-20(21-16)22-19(24)15-10-18(26-23-15)17-4-3-9-25-17/h3-12H,1-2H3,(H,21,22,24). The lowest BCUT2D eigenvalue weighted by atomic mass is 10.0. The van der Waals surface area contributed by atoms with Crippen LogP contribution in [0, 0.1) is 0 Å². The van der Waals surface area contributed by atoms with Crippen LogP contribution in [0.3, 0.4) is 0 Å². The summed E-state index contributed by atoms with van der Waals surface area (Å²) >= 11 is 1.36. The molecule has 0 atom stereocenters. The second kappa shape index (κ2) is 7.20. The molecule has 27 heavy (non-hydrogen) atoms. The van der Waals surface area contributed by atoms with Gasteiger partial charge < -0.3 is 8.94 Å². The van der Waals surface area contributed by atoms with Crippen molar-refractivity contribution < 1.29 is 13.7 Å². The van der Waals surface area contributed by atoms with Crippen molar-refractivity contribution in [2.75, 3.05) is 5.32 Å². The Morgan fingerprint density at radius 2 is 1.96 bits per heavy atom. The minimum absolute atomic E-state index is 0.166. The van der Waals surface area contributed by atoms with Gasteiger partial charge in [-0.1, -0.05) is 43.3 Å². The molecule has 0 bridgehead atoms. The molecule has 0 fully saturated rings. The van der Waals surface area contributed by atoms with Crippen molar-refractivity contribution in [2.45, 2.75) is 19.8 Å². The lowest BCUT2D eigenvalue weighted by Gasteiger charge is -2.05. The van der Waals surface area contributed by atoms with Gasteiger partial charge in [-0.15, -0.1) is 11.3 Å². The van der Waals surface area contributed by atoms with Crippen LogP contribution in [-0.4, -0.2) is 16.0 Å². The van der Waals surface area contributed by atoms with E-state index in [-0.39, 0.29) is 11.6 Å². The number of hydrogen-bond acceptors (Lipinski definition) is 6. The quantitative estimate of drug-likeness (QED) is 0.500. The van der Waals surface area contributed by atoms with Gasteiger partial charge >= 0.3 is 0 Å². The van der Waals surface area contributed by atoms with E-state index in [9.17, 15) is 4.79 Å². The molecule has 1 N–H and O–H groups in total. The second-order valence-corrected chi connectivity index (χ2v) is 7.18. The Morgan fingerprint density at radius 1 is 1.15 bits per heavy atom. The van der Waals surface area contributed by atoms with Gasteiger partial charge in [-0.2, -0.15) is 0 Å². The first-order chi connectivity index (χ1) is 13.1. The summed E-state index contributed by atoms with van der Waals surface area (Å²) in [6.07, 6.45) is 1.53. The Labute approximate surface area is 159 Å². The van der Waals surface area contributed by atoms with Crippen molar-refractivity contribution in [3.8, 4) is 22.8 Å². The predicted octanol–water partition coefficient (Wildman–Crippen LogP) is 5.43. The molecular weight excluding hydrogens is 362 g/mol. The Morgan fingerprint density at radius 3 is 2.67 bits per heavy atom. The number of nitrogens with zero attached hydrogens (tertiary/aromatic N) is 2. The first-order valence-corrected chi connectivity index (χ1v) is 9.36. The number of benzene rings is 1. The third kappa shape index (κ3) is 3.68. The summed E-state index contributed by atoms with van der Waals surface area (Å²) in [6.45, 7) is 4.32. The average molecular weight is 379 g/mol. The molecule has 1 amide bonds. The van der Waals surface area contributed by atoms with Crippen LogP contribution in [0.1, 0.15) is 35.8 Å². The zero-order chi connectivity index (χ0) is 18.8. The summed E-state index contributed by atoms with van der Waals surface area (Å²) in [5.74, 6) is 1.02. The molecular formula is C20H17N3O3S. The van der Waals surface area contributed by atoms with Crippen molar-refractivity contribution in [1.29, 1.82) is 0 Å². The highest BCUT2D eigenvalue weighted by Gasteiger charge is 2.16. The number of nitrogens with one attached hydrogen (secondary N) is 1. The number of carbonyl (C=O) groups is 1. The Bertz CT molecular complexity index is 1050. The highest BCUT2D eigenvalue weighted by atomic mass is 32.1. The van der Waals surface area contributed by atoms with Crippen molar-refractivity contribution in [3.63, 3.8) is 0 Å². The van der Waals surface area contributed by atoms with Crippen LogP contribution in [0.2, 0.25) is 0 Å². The summed E-state index contributed by atoms with van der Waals surface area (Å²) < 4.78 is 10.4. The Hall–Kier alpha value is -3.19. The van der Waals surface area contributed by atoms with Crippen LogP contribution in [0.25, 0.3) is 22.8 Å². The van der Waals surface area contributed by atoms with Crippen molar-refractivity contribution in [1.82, 2.24) is 10.1 Å². The molecule has 3 heterocycles. The van der Waals surface area contributed by atoms with Crippen LogP contribution in [0.4, 0.5) is 5.13 Å². The molecule has 0 aliphatic heterocycles. The average Bonchev–Trinajstić information content (AvgIpc) is 3.42. The van der Waals surface area contributed by atoms with Crippen LogP contribution in [-0.2, 0) is 0 Å².